The number of ether oxygens (including phenoxy) is 1. The van der Waals surface area contributed by atoms with Crippen LogP contribution in [0.15, 0.2) is 29.2 Å². The van der Waals surface area contributed by atoms with Crippen LogP contribution in [0.5, 0.6) is 0 Å². The standard InChI is InChI=1S/C18H19F2N3O7S/c19-16(20)31(28,29)12-6-4-11(5-7-12)14(25)30-10-13(24)22-23-15(26)18(21-17(23)27)8-2-1-3-9-18/h4-7,16H,1-3,8-10H2,(H,21,27)(H,22,24). The number of esters is 1. The molecule has 4 amide bonds. The first-order chi connectivity index (χ1) is 14.6. The summed E-state index contributed by atoms with van der Waals surface area (Å²) in [4.78, 5) is 48.0. The molecule has 0 bridgehead atoms. The van der Waals surface area contributed by atoms with E-state index < -0.39 is 56.5 Å². The summed E-state index contributed by atoms with van der Waals surface area (Å²) in [5.74, 6) is -6.15. The zero-order chi connectivity index (χ0) is 22.8. The number of imide groups is 1. The molecule has 1 spiro atoms. The van der Waals surface area contributed by atoms with Crippen LogP contribution in [-0.4, -0.2) is 55.1 Å². The number of urea groups is 1. The van der Waals surface area contributed by atoms with Crippen LogP contribution in [0.1, 0.15) is 42.5 Å². The van der Waals surface area contributed by atoms with Crippen molar-refractivity contribution in [1.29, 1.82) is 0 Å². The van der Waals surface area contributed by atoms with E-state index in [1.807, 2.05) is 0 Å². The minimum atomic E-state index is -4.81. The number of carbonyl (C=O) groups excluding carboxylic acids is 4. The molecule has 1 saturated heterocycles. The van der Waals surface area contributed by atoms with Crippen molar-refractivity contribution in [1.82, 2.24) is 15.8 Å². The molecule has 1 aromatic carbocycles. The van der Waals surface area contributed by atoms with E-state index in [0.29, 0.717) is 17.9 Å². The molecule has 0 radical (unpaired) electrons. The Morgan fingerprint density at radius 3 is 2.32 bits per heavy atom. The number of hydrogen-bond acceptors (Lipinski definition) is 7. The fraction of sp³-hybridized carbons (Fsp3) is 0.444. The van der Waals surface area contributed by atoms with Gasteiger partial charge in [0.2, 0.25) is 9.84 Å². The molecule has 31 heavy (non-hydrogen) atoms. The van der Waals surface area contributed by atoms with Gasteiger partial charge in [0, 0.05) is 0 Å². The van der Waals surface area contributed by atoms with Gasteiger partial charge in [0.05, 0.1) is 10.5 Å². The number of benzene rings is 1. The predicted molar refractivity (Wildman–Crippen MR) is 99.3 cm³/mol. The Hall–Kier alpha value is -3.09. The summed E-state index contributed by atoms with van der Waals surface area (Å²) in [7, 11) is -4.81. The Morgan fingerprint density at radius 1 is 1.13 bits per heavy atom. The van der Waals surface area contributed by atoms with Crippen molar-refractivity contribution in [2.75, 3.05) is 6.61 Å². The first kappa shape index (κ1) is 22.6. The van der Waals surface area contributed by atoms with Gasteiger partial charge in [-0.05, 0) is 37.1 Å². The van der Waals surface area contributed by atoms with Gasteiger partial charge in [-0.25, -0.2) is 18.0 Å². The molecule has 0 aromatic heterocycles. The first-order valence-corrected chi connectivity index (χ1v) is 10.9. The number of amides is 4. The third-order valence-corrected chi connectivity index (χ3v) is 6.49. The summed E-state index contributed by atoms with van der Waals surface area (Å²) in [5, 5.41) is 3.16. The van der Waals surface area contributed by atoms with E-state index in [2.05, 4.69) is 10.7 Å². The van der Waals surface area contributed by atoms with Gasteiger partial charge in [0.15, 0.2) is 6.61 Å². The van der Waals surface area contributed by atoms with E-state index in [9.17, 15) is 36.4 Å². The van der Waals surface area contributed by atoms with E-state index in [1.165, 1.54) is 0 Å². The molecule has 2 N–H and O–H groups in total. The molecule has 13 heteroatoms. The number of halogens is 2. The van der Waals surface area contributed by atoms with Crippen LogP contribution in [0, 0.1) is 0 Å². The van der Waals surface area contributed by atoms with Crippen LogP contribution < -0.4 is 10.7 Å². The predicted octanol–water partition coefficient (Wildman–Crippen LogP) is 1.13. The molecule has 1 aromatic rings. The third kappa shape index (κ3) is 4.50. The van der Waals surface area contributed by atoms with Gasteiger partial charge in [0.1, 0.15) is 5.54 Å². The van der Waals surface area contributed by atoms with Crippen molar-refractivity contribution in [3.05, 3.63) is 29.8 Å². The molecule has 3 rings (SSSR count). The number of alkyl halides is 2. The summed E-state index contributed by atoms with van der Waals surface area (Å²) in [6.07, 6.45) is 3.42. The lowest BCUT2D eigenvalue weighted by Gasteiger charge is -2.30. The number of hydrogen-bond donors (Lipinski definition) is 2. The normalized spacial score (nSPS) is 18.2. The molecule has 168 valence electrons. The molecule has 1 saturated carbocycles. The fourth-order valence-electron chi connectivity index (χ4n) is 3.47. The molecule has 0 unspecified atom stereocenters. The van der Waals surface area contributed by atoms with E-state index >= 15 is 0 Å². The summed E-state index contributed by atoms with van der Waals surface area (Å²) >= 11 is 0. The van der Waals surface area contributed by atoms with Gasteiger partial charge in [-0.2, -0.15) is 13.8 Å². The molecule has 1 aliphatic carbocycles. The fourth-order valence-corrected chi connectivity index (χ4v) is 4.19. The third-order valence-electron chi connectivity index (χ3n) is 5.09. The number of rotatable bonds is 6. The maximum atomic E-state index is 12.6. The van der Waals surface area contributed by atoms with Crippen molar-refractivity contribution in [3.8, 4) is 0 Å². The first-order valence-electron chi connectivity index (χ1n) is 9.32. The summed E-state index contributed by atoms with van der Waals surface area (Å²) in [6.45, 7) is -0.833. The lowest BCUT2D eigenvalue weighted by atomic mass is 9.82. The highest BCUT2D eigenvalue weighted by Crippen LogP contribution is 2.33. The van der Waals surface area contributed by atoms with Crippen LogP contribution >= 0.6 is 0 Å². The summed E-state index contributed by atoms with van der Waals surface area (Å²) in [6, 6.07) is 2.77. The molecule has 2 fully saturated rings. The average molecular weight is 459 g/mol. The van der Waals surface area contributed by atoms with Crippen molar-refractivity contribution < 1.29 is 41.1 Å². The average Bonchev–Trinajstić information content (AvgIpc) is 2.96. The second kappa shape index (κ2) is 8.57. The lowest BCUT2D eigenvalue weighted by Crippen LogP contribution is -2.51. The topological polar surface area (TPSA) is 139 Å². The minimum Gasteiger partial charge on any atom is -0.452 e. The van der Waals surface area contributed by atoms with E-state index in [-0.39, 0.29) is 5.56 Å². The van der Waals surface area contributed by atoms with E-state index in [0.717, 1.165) is 43.5 Å². The van der Waals surface area contributed by atoms with Crippen molar-refractivity contribution >= 4 is 33.7 Å². The minimum absolute atomic E-state index is 0.183. The number of carbonyl (C=O) groups is 4. The van der Waals surface area contributed by atoms with Crippen LogP contribution in [0.3, 0.4) is 0 Å². The molecule has 10 nitrogen and oxygen atoms in total. The number of hydrazine groups is 1. The molecule has 2 aliphatic rings. The molecule has 0 atom stereocenters. The Bertz CT molecular complexity index is 1010. The highest BCUT2D eigenvalue weighted by atomic mass is 32.2. The zero-order valence-electron chi connectivity index (χ0n) is 16.1. The van der Waals surface area contributed by atoms with Gasteiger partial charge >= 0.3 is 17.8 Å². The highest BCUT2D eigenvalue weighted by molar-refractivity contribution is 7.91. The smallest absolute Gasteiger partial charge is 0.344 e. The van der Waals surface area contributed by atoms with E-state index in [1.54, 1.807) is 0 Å². The molecular formula is C18H19F2N3O7S. The van der Waals surface area contributed by atoms with Gasteiger partial charge in [-0.1, -0.05) is 19.3 Å². The number of nitrogens with zero attached hydrogens (tertiary/aromatic N) is 1. The monoisotopic (exact) mass is 459 g/mol. The summed E-state index contributed by atoms with van der Waals surface area (Å²) in [5.41, 5.74) is 0.880. The van der Waals surface area contributed by atoms with Crippen molar-refractivity contribution in [3.63, 3.8) is 0 Å². The summed E-state index contributed by atoms with van der Waals surface area (Å²) < 4.78 is 52.6. The van der Waals surface area contributed by atoms with Crippen LogP contribution in [0.2, 0.25) is 0 Å². The Kier molecular flexibility index (Phi) is 6.25. The quantitative estimate of drug-likeness (QED) is 0.480. The van der Waals surface area contributed by atoms with E-state index in [4.69, 9.17) is 4.74 Å². The van der Waals surface area contributed by atoms with Crippen LogP contribution in [0.25, 0.3) is 0 Å². The van der Waals surface area contributed by atoms with Crippen LogP contribution in [0.4, 0.5) is 13.6 Å². The number of nitrogens with one attached hydrogen (secondary N) is 2. The number of sulfone groups is 1. The lowest BCUT2D eigenvalue weighted by molar-refractivity contribution is -0.140. The largest absolute Gasteiger partial charge is 0.452 e. The zero-order valence-corrected chi connectivity index (χ0v) is 16.9. The second-order valence-corrected chi connectivity index (χ2v) is 9.07. The van der Waals surface area contributed by atoms with Gasteiger partial charge in [0.25, 0.3) is 11.8 Å². The van der Waals surface area contributed by atoms with Crippen molar-refractivity contribution in [2.24, 2.45) is 0 Å². The Morgan fingerprint density at radius 2 is 1.74 bits per heavy atom. The van der Waals surface area contributed by atoms with Gasteiger partial charge in [-0.15, -0.1) is 0 Å². The van der Waals surface area contributed by atoms with Crippen LogP contribution in [-0.2, 0) is 24.2 Å². The second-order valence-electron chi connectivity index (χ2n) is 7.15. The Labute approximate surface area is 175 Å². The maximum absolute atomic E-state index is 12.6. The molecule has 1 heterocycles. The molecule has 1 aliphatic heterocycles. The SMILES string of the molecule is O=C(COC(=O)c1ccc(S(=O)(=O)C(F)F)cc1)NN1C(=O)NC2(CCCCC2)C1=O. The Balaban J connectivity index is 1.55. The van der Waals surface area contributed by atoms with Crippen molar-refractivity contribution in [2.45, 2.75) is 48.3 Å². The molecular weight excluding hydrogens is 440 g/mol. The van der Waals surface area contributed by atoms with Gasteiger partial charge in [-0.3, -0.25) is 15.0 Å². The highest BCUT2D eigenvalue weighted by Gasteiger charge is 2.52. The van der Waals surface area contributed by atoms with Gasteiger partial charge < -0.3 is 10.1 Å². The maximum Gasteiger partial charge on any atom is 0.344 e.